The summed E-state index contributed by atoms with van der Waals surface area (Å²) in [5, 5.41) is 0. The molecule has 1 atom stereocenters. The highest BCUT2D eigenvalue weighted by Crippen LogP contribution is 2.32. The quantitative estimate of drug-likeness (QED) is 0.731. The summed E-state index contributed by atoms with van der Waals surface area (Å²) in [5.74, 6) is 1.01. The highest BCUT2D eigenvalue weighted by molar-refractivity contribution is 5.33. The van der Waals surface area contributed by atoms with Crippen LogP contribution >= 0.6 is 0 Å². The van der Waals surface area contributed by atoms with Crippen molar-refractivity contribution >= 4 is 0 Å². The van der Waals surface area contributed by atoms with Crippen LogP contribution in [0.25, 0.3) is 0 Å². The fourth-order valence-corrected chi connectivity index (χ4v) is 2.59. The van der Waals surface area contributed by atoms with E-state index in [2.05, 4.69) is 39.6 Å². The average Bonchev–Trinajstić information content (AvgIpc) is 2.33. The highest BCUT2D eigenvalue weighted by atomic mass is 19.3. The van der Waals surface area contributed by atoms with Crippen molar-refractivity contribution in [1.82, 2.24) is 9.97 Å². The molecule has 4 heteroatoms. The summed E-state index contributed by atoms with van der Waals surface area (Å²) >= 11 is 0. The molecule has 0 amide bonds. The zero-order chi connectivity index (χ0) is 16.4. The van der Waals surface area contributed by atoms with Gasteiger partial charge in [0.15, 0.2) is 0 Å². The Morgan fingerprint density at radius 3 is 2.00 bits per heavy atom. The predicted octanol–water partition coefficient (Wildman–Crippen LogP) is 5.35. The van der Waals surface area contributed by atoms with Crippen molar-refractivity contribution in [2.75, 3.05) is 0 Å². The van der Waals surface area contributed by atoms with Crippen LogP contribution in [-0.4, -0.2) is 16.4 Å². The maximum Gasteiger partial charge on any atom is 0.238 e. The number of hydrogen-bond donors (Lipinski definition) is 0. The number of aromatic nitrogens is 2. The van der Waals surface area contributed by atoms with Gasteiger partial charge in [-0.25, -0.2) is 18.7 Å². The molecule has 120 valence electrons. The van der Waals surface area contributed by atoms with E-state index >= 15 is 0 Å². The molecule has 0 aliphatic carbocycles. The first kappa shape index (κ1) is 18.0. The Balaban J connectivity index is 3.23. The van der Waals surface area contributed by atoms with Crippen molar-refractivity contribution in [3.63, 3.8) is 0 Å². The number of alkyl halides is 2. The van der Waals surface area contributed by atoms with E-state index in [1.165, 1.54) is 5.56 Å². The largest absolute Gasteiger partial charge is 0.238 e. The van der Waals surface area contributed by atoms with Crippen LogP contribution in [0.15, 0.2) is 0 Å². The van der Waals surface area contributed by atoms with E-state index in [1.807, 2.05) is 13.8 Å². The molecule has 1 aromatic heterocycles. The summed E-state index contributed by atoms with van der Waals surface area (Å²) in [5.41, 5.74) is 3.13. The molecule has 1 rings (SSSR count). The summed E-state index contributed by atoms with van der Waals surface area (Å²) < 4.78 is 24.8. The van der Waals surface area contributed by atoms with Crippen LogP contribution in [0.5, 0.6) is 0 Å². The minimum absolute atomic E-state index is 0.0417. The Kier molecular flexibility index (Phi) is 5.83. The van der Waals surface area contributed by atoms with Gasteiger partial charge < -0.3 is 0 Å². The fourth-order valence-electron chi connectivity index (χ4n) is 2.59. The molecule has 0 unspecified atom stereocenters. The lowest BCUT2D eigenvalue weighted by molar-refractivity contribution is 0.132. The van der Waals surface area contributed by atoms with Crippen LogP contribution < -0.4 is 0 Å². The molecular formula is C17H28F2N2. The van der Waals surface area contributed by atoms with Crippen LogP contribution in [0.3, 0.4) is 0 Å². The Labute approximate surface area is 127 Å². The number of halogens is 2. The second-order valence-electron chi connectivity index (χ2n) is 7.20. The molecule has 0 aliphatic rings. The van der Waals surface area contributed by atoms with Gasteiger partial charge in [0.05, 0.1) is 5.69 Å². The van der Waals surface area contributed by atoms with Gasteiger partial charge in [0.2, 0.25) is 6.43 Å². The first-order valence-corrected chi connectivity index (χ1v) is 7.71. The molecule has 0 saturated heterocycles. The maximum absolute atomic E-state index is 12.4. The molecular weight excluding hydrogens is 270 g/mol. The molecule has 1 aromatic rings. The van der Waals surface area contributed by atoms with Crippen LogP contribution in [0.1, 0.15) is 89.0 Å². The van der Waals surface area contributed by atoms with E-state index in [1.54, 1.807) is 0 Å². The summed E-state index contributed by atoms with van der Waals surface area (Å²) in [6.07, 6.45) is -1.94. The van der Waals surface area contributed by atoms with Gasteiger partial charge in [0.25, 0.3) is 0 Å². The second-order valence-corrected chi connectivity index (χ2v) is 7.20. The smallest absolute Gasteiger partial charge is 0.238 e. The van der Waals surface area contributed by atoms with E-state index in [0.29, 0.717) is 18.2 Å². The van der Waals surface area contributed by atoms with Crippen molar-refractivity contribution in [2.24, 2.45) is 0 Å². The number of nitrogens with zero attached hydrogens (tertiary/aromatic N) is 2. The van der Waals surface area contributed by atoms with Gasteiger partial charge in [0.1, 0.15) is 5.82 Å². The summed E-state index contributed by atoms with van der Waals surface area (Å²) in [6.45, 7) is 14.6. The molecule has 0 saturated carbocycles. The maximum atomic E-state index is 12.4. The Hall–Kier alpha value is -1.06. The van der Waals surface area contributed by atoms with Crippen molar-refractivity contribution < 1.29 is 8.78 Å². The van der Waals surface area contributed by atoms with Gasteiger partial charge >= 0.3 is 0 Å². The fraction of sp³-hybridized carbons (Fsp3) is 0.765. The molecule has 0 fully saturated rings. The molecule has 0 bridgehead atoms. The van der Waals surface area contributed by atoms with Crippen molar-refractivity contribution in [1.29, 1.82) is 0 Å². The highest BCUT2D eigenvalue weighted by Gasteiger charge is 2.25. The van der Waals surface area contributed by atoms with Crippen LogP contribution in [-0.2, 0) is 5.41 Å². The standard InChI is InChI=1S/C17H28F2N2/c1-10(2)14-12(4)20-16(11(3)8-9-13(18)19)21-15(14)17(5,6)7/h10-11,13H,8-9H2,1-7H3/t11-/m0/s1. The van der Waals surface area contributed by atoms with Gasteiger partial charge in [-0.15, -0.1) is 0 Å². The second kappa shape index (κ2) is 6.80. The lowest BCUT2D eigenvalue weighted by Crippen LogP contribution is -2.21. The number of aryl methyl sites for hydroxylation is 1. The molecule has 0 aliphatic heterocycles. The topological polar surface area (TPSA) is 25.8 Å². The zero-order valence-corrected chi connectivity index (χ0v) is 14.3. The third-order valence-corrected chi connectivity index (χ3v) is 3.70. The third kappa shape index (κ3) is 4.72. The molecule has 0 spiro atoms. The number of rotatable bonds is 5. The van der Waals surface area contributed by atoms with E-state index in [9.17, 15) is 8.78 Å². The average molecular weight is 298 g/mol. The van der Waals surface area contributed by atoms with Gasteiger partial charge in [-0.3, -0.25) is 0 Å². The minimum Gasteiger partial charge on any atom is -0.238 e. The van der Waals surface area contributed by atoms with E-state index in [0.717, 1.165) is 11.4 Å². The predicted molar refractivity (Wildman–Crippen MR) is 83.2 cm³/mol. The van der Waals surface area contributed by atoms with E-state index < -0.39 is 6.43 Å². The lowest BCUT2D eigenvalue weighted by Gasteiger charge is -2.26. The monoisotopic (exact) mass is 298 g/mol. The Morgan fingerprint density at radius 1 is 1.00 bits per heavy atom. The number of hydrogen-bond acceptors (Lipinski definition) is 2. The van der Waals surface area contributed by atoms with Crippen LogP contribution in [0, 0.1) is 6.92 Å². The van der Waals surface area contributed by atoms with Gasteiger partial charge in [-0.05, 0) is 24.8 Å². The molecule has 1 heterocycles. The SMILES string of the molecule is Cc1nc([C@@H](C)CCC(F)F)nc(C(C)(C)C)c1C(C)C. The van der Waals surface area contributed by atoms with Crippen LogP contribution in [0.4, 0.5) is 8.78 Å². The molecule has 2 nitrogen and oxygen atoms in total. The Morgan fingerprint density at radius 2 is 1.57 bits per heavy atom. The zero-order valence-electron chi connectivity index (χ0n) is 14.3. The van der Waals surface area contributed by atoms with Crippen molar-refractivity contribution in [2.45, 2.75) is 85.0 Å². The van der Waals surface area contributed by atoms with E-state index in [-0.39, 0.29) is 17.8 Å². The van der Waals surface area contributed by atoms with Gasteiger partial charge in [-0.1, -0.05) is 41.5 Å². The minimum atomic E-state index is -2.26. The first-order valence-electron chi connectivity index (χ1n) is 7.71. The normalized spacial score (nSPS) is 14.0. The molecule has 21 heavy (non-hydrogen) atoms. The molecule has 0 radical (unpaired) electrons. The molecule has 0 aromatic carbocycles. The lowest BCUT2D eigenvalue weighted by atomic mass is 9.84. The van der Waals surface area contributed by atoms with Gasteiger partial charge in [0, 0.05) is 23.4 Å². The van der Waals surface area contributed by atoms with E-state index in [4.69, 9.17) is 4.98 Å². The van der Waals surface area contributed by atoms with Crippen molar-refractivity contribution in [3.05, 3.63) is 22.8 Å². The van der Waals surface area contributed by atoms with Crippen LogP contribution in [0.2, 0.25) is 0 Å². The summed E-state index contributed by atoms with van der Waals surface area (Å²) in [6, 6.07) is 0. The summed E-state index contributed by atoms with van der Waals surface area (Å²) in [7, 11) is 0. The summed E-state index contributed by atoms with van der Waals surface area (Å²) in [4.78, 5) is 9.34. The first-order chi connectivity index (χ1) is 9.54. The molecule has 0 N–H and O–H groups in total. The Bertz CT molecular complexity index is 476. The van der Waals surface area contributed by atoms with Crippen molar-refractivity contribution in [3.8, 4) is 0 Å². The van der Waals surface area contributed by atoms with Gasteiger partial charge in [-0.2, -0.15) is 0 Å². The third-order valence-electron chi connectivity index (χ3n) is 3.70.